The maximum Gasteiger partial charge on any atom is 0.343 e. The number of carbonyl (C=O) groups excluding carboxylic acids is 1. The Morgan fingerprint density at radius 1 is 0.812 bits per heavy atom. The SMILES string of the molecule is COc1cc(C(c2c(C)[nH][nH]c2=O)c2c(C)[nH][nH]c2=O)ccc1OC(=O)c1ccccc1. The molecule has 164 valence electrons. The zero-order valence-corrected chi connectivity index (χ0v) is 17.7. The molecule has 0 atom stereocenters. The normalized spacial score (nSPS) is 11.0. The van der Waals surface area contributed by atoms with Gasteiger partial charge in [-0.2, -0.15) is 0 Å². The average molecular weight is 434 g/mol. The molecule has 0 aliphatic carbocycles. The molecular weight excluding hydrogens is 412 g/mol. The molecule has 0 bridgehead atoms. The third-order valence-electron chi connectivity index (χ3n) is 5.33. The van der Waals surface area contributed by atoms with Gasteiger partial charge in [-0.05, 0) is 43.7 Å². The summed E-state index contributed by atoms with van der Waals surface area (Å²) in [6.45, 7) is 3.51. The number of carbonyl (C=O) groups is 1. The fourth-order valence-electron chi connectivity index (χ4n) is 3.76. The second-order valence-electron chi connectivity index (χ2n) is 7.33. The summed E-state index contributed by atoms with van der Waals surface area (Å²) in [4.78, 5) is 37.6. The molecule has 2 heterocycles. The van der Waals surface area contributed by atoms with Crippen molar-refractivity contribution in [2.45, 2.75) is 19.8 Å². The third-order valence-corrected chi connectivity index (χ3v) is 5.33. The minimum Gasteiger partial charge on any atom is -0.493 e. The molecule has 2 aromatic heterocycles. The fraction of sp³-hybridized carbons (Fsp3) is 0.174. The van der Waals surface area contributed by atoms with Crippen molar-refractivity contribution in [2.24, 2.45) is 0 Å². The molecule has 0 unspecified atom stereocenters. The van der Waals surface area contributed by atoms with Crippen molar-refractivity contribution in [3.63, 3.8) is 0 Å². The zero-order chi connectivity index (χ0) is 22.8. The Hall–Kier alpha value is -4.27. The van der Waals surface area contributed by atoms with Crippen molar-refractivity contribution < 1.29 is 14.3 Å². The number of ether oxygens (including phenoxy) is 2. The van der Waals surface area contributed by atoms with Gasteiger partial charge in [-0.15, -0.1) is 0 Å². The minimum absolute atomic E-state index is 0.225. The van der Waals surface area contributed by atoms with Crippen LogP contribution in [0, 0.1) is 13.8 Å². The predicted molar refractivity (Wildman–Crippen MR) is 118 cm³/mol. The first kappa shape index (κ1) is 21.0. The Balaban J connectivity index is 1.80. The lowest BCUT2D eigenvalue weighted by Gasteiger charge is -2.18. The first-order valence-electron chi connectivity index (χ1n) is 9.90. The van der Waals surface area contributed by atoms with Gasteiger partial charge in [0.25, 0.3) is 11.1 Å². The first-order chi connectivity index (χ1) is 15.4. The largest absolute Gasteiger partial charge is 0.493 e. The molecule has 32 heavy (non-hydrogen) atoms. The van der Waals surface area contributed by atoms with Gasteiger partial charge in [0.1, 0.15) is 0 Å². The average Bonchev–Trinajstić information content (AvgIpc) is 3.31. The van der Waals surface area contributed by atoms with Gasteiger partial charge in [-0.25, -0.2) is 4.79 Å². The number of H-pyrrole nitrogens is 4. The van der Waals surface area contributed by atoms with Crippen LogP contribution in [-0.2, 0) is 0 Å². The summed E-state index contributed by atoms with van der Waals surface area (Å²) in [5.41, 5.74) is 2.42. The van der Waals surface area contributed by atoms with Gasteiger partial charge in [0.2, 0.25) is 0 Å². The molecular formula is C23H22N4O5. The molecule has 9 heteroatoms. The van der Waals surface area contributed by atoms with Crippen LogP contribution in [0.3, 0.4) is 0 Å². The highest BCUT2D eigenvalue weighted by atomic mass is 16.6. The molecule has 4 aromatic rings. The zero-order valence-electron chi connectivity index (χ0n) is 17.7. The van der Waals surface area contributed by atoms with Crippen LogP contribution in [-0.4, -0.2) is 33.5 Å². The fourth-order valence-corrected chi connectivity index (χ4v) is 3.76. The number of aromatic nitrogens is 4. The van der Waals surface area contributed by atoms with E-state index in [1.807, 2.05) is 6.07 Å². The van der Waals surface area contributed by atoms with Gasteiger partial charge in [0.15, 0.2) is 11.5 Å². The summed E-state index contributed by atoms with van der Waals surface area (Å²) in [5, 5.41) is 10.8. The molecule has 0 aliphatic rings. The van der Waals surface area contributed by atoms with E-state index < -0.39 is 11.9 Å². The highest BCUT2D eigenvalue weighted by molar-refractivity contribution is 5.91. The summed E-state index contributed by atoms with van der Waals surface area (Å²) < 4.78 is 11.0. The van der Waals surface area contributed by atoms with Crippen LogP contribution >= 0.6 is 0 Å². The number of rotatable bonds is 6. The van der Waals surface area contributed by atoms with Gasteiger partial charge in [-0.3, -0.25) is 19.8 Å². The lowest BCUT2D eigenvalue weighted by Crippen LogP contribution is -2.20. The topological polar surface area (TPSA) is 133 Å². The van der Waals surface area contributed by atoms with Crippen molar-refractivity contribution in [3.8, 4) is 11.5 Å². The molecule has 0 fully saturated rings. The molecule has 4 rings (SSSR count). The van der Waals surface area contributed by atoms with E-state index in [0.29, 0.717) is 39.4 Å². The maximum atomic E-state index is 12.6. The number of aryl methyl sites for hydroxylation is 2. The Morgan fingerprint density at radius 2 is 1.41 bits per heavy atom. The number of esters is 1. The monoisotopic (exact) mass is 434 g/mol. The molecule has 0 spiro atoms. The van der Waals surface area contributed by atoms with E-state index in [4.69, 9.17) is 9.47 Å². The van der Waals surface area contributed by atoms with Gasteiger partial charge in [0.05, 0.1) is 23.8 Å². The molecule has 0 amide bonds. The lowest BCUT2D eigenvalue weighted by atomic mass is 9.85. The van der Waals surface area contributed by atoms with E-state index in [9.17, 15) is 14.4 Å². The van der Waals surface area contributed by atoms with Crippen molar-refractivity contribution >= 4 is 5.97 Å². The number of methoxy groups -OCH3 is 1. The Bertz CT molecular complexity index is 1320. The summed E-state index contributed by atoms with van der Waals surface area (Å²) in [7, 11) is 1.46. The Kier molecular flexibility index (Phi) is 5.55. The first-order valence-corrected chi connectivity index (χ1v) is 9.90. The number of nitrogens with one attached hydrogen (secondary N) is 4. The van der Waals surface area contributed by atoms with Gasteiger partial charge >= 0.3 is 5.97 Å². The summed E-state index contributed by atoms with van der Waals surface area (Å²) >= 11 is 0. The summed E-state index contributed by atoms with van der Waals surface area (Å²) in [5.74, 6) is -0.675. The molecule has 0 radical (unpaired) electrons. The highest BCUT2D eigenvalue weighted by Gasteiger charge is 2.29. The summed E-state index contributed by atoms with van der Waals surface area (Å²) in [6, 6.07) is 13.6. The molecule has 9 nitrogen and oxygen atoms in total. The van der Waals surface area contributed by atoms with Crippen molar-refractivity contribution in [2.75, 3.05) is 7.11 Å². The smallest absolute Gasteiger partial charge is 0.343 e. The van der Waals surface area contributed by atoms with E-state index in [-0.39, 0.29) is 16.9 Å². The molecule has 0 saturated carbocycles. The maximum absolute atomic E-state index is 12.6. The highest BCUT2D eigenvalue weighted by Crippen LogP contribution is 2.36. The second-order valence-corrected chi connectivity index (χ2v) is 7.33. The van der Waals surface area contributed by atoms with Crippen molar-refractivity contribution in [1.82, 2.24) is 20.4 Å². The summed E-state index contributed by atoms with van der Waals surface area (Å²) in [6.07, 6.45) is 0. The van der Waals surface area contributed by atoms with E-state index >= 15 is 0 Å². The van der Waals surface area contributed by atoms with Crippen LogP contribution in [0.4, 0.5) is 0 Å². The van der Waals surface area contributed by atoms with E-state index in [1.54, 1.807) is 56.3 Å². The molecule has 0 saturated heterocycles. The number of benzene rings is 2. The number of hydrogen-bond acceptors (Lipinski definition) is 5. The third kappa shape index (κ3) is 3.76. The Labute approximate surface area is 182 Å². The number of hydrogen-bond donors (Lipinski definition) is 4. The van der Waals surface area contributed by atoms with Crippen LogP contribution in [0.25, 0.3) is 0 Å². The van der Waals surface area contributed by atoms with Crippen LogP contribution < -0.4 is 20.6 Å². The molecule has 2 aromatic carbocycles. The van der Waals surface area contributed by atoms with Crippen molar-refractivity contribution in [1.29, 1.82) is 0 Å². The van der Waals surface area contributed by atoms with Gasteiger partial charge in [-0.1, -0.05) is 24.3 Å². The quantitative estimate of drug-likeness (QED) is 0.274. The minimum atomic E-state index is -0.673. The van der Waals surface area contributed by atoms with Crippen LogP contribution in [0.5, 0.6) is 11.5 Å². The van der Waals surface area contributed by atoms with Gasteiger partial charge < -0.3 is 19.7 Å². The van der Waals surface area contributed by atoms with Crippen LogP contribution in [0.1, 0.15) is 44.4 Å². The molecule has 4 N–H and O–H groups in total. The molecule has 0 aliphatic heterocycles. The van der Waals surface area contributed by atoms with Crippen molar-refractivity contribution in [3.05, 3.63) is 103 Å². The predicted octanol–water partition coefficient (Wildman–Crippen LogP) is 2.74. The van der Waals surface area contributed by atoms with E-state index in [1.165, 1.54) is 7.11 Å². The second kappa shape index (κ2) is 8.46. The Morgan fingerprint density at radius 3 is 1.91 bits per heavy atom. The van der Waals surface area contributed by atoms with Crippen LogP contribution in [0.2, 0.25) is 0 Å². The van der Waals surface area contributed by atoms with E-state index in [2.05, 4.69) is 20.4 Å². The van der Waals surface area contributed by atoms with Crippen LogP contribution in [0.15, 0.2) is 58.1 Å². The number of aromatic amines is 4. The standard InChI is InChI=1S/C23H22N4O5/c1-12-18(21(28)26-24-12)20(19-13(2)25-27-22(19)29)15-9-10-16(17(11-15)31-3)32-23(30)14-7-5-4-6-8-14/h4-11,20H,1-3H3,(H2,24,26,28)(H2,25,27,29). The van der Waals surface area contributed by atoms with Gasteiger partial charge in [0, 0.05) is 17.3 Å². The van der Waals surface area contributed by atoms with E-state index in [0.717, 1.165) is 0 Å². The lowest BCUT2D eigenvalue weighted by molar-refractivity contribution is 0.0729.